The van der Waals surface area contributed by atoms with Gasteiger partial charge in [0.05, 0.1) is 0 Å². The van der Waals surface area contributed by atoms with Crippen LogP contribution in [0.5, 0.6) is 0 Å². The van der Waals surface area contributed by atoms with Gasteiger partial charge in [0.2, 0.25) is 5.95 Å². The van der Waals surface area contributed by atoms with E-state index in [0.29, 0.717) is 18.8 Å². The highest BCUT2D eigenvalue weighted by Gasteiger charge is 2.32. The van der Waals surface area contributed by atoms with Crippen LogP contribution in [0.3, 0.4) is 0 Å². The number of nitrogens with one attached hydrogen (secondary N) is 1. The molecule has 1 aliphatic rings. The fraction of sp³-hybridized carbons (Fsp3) is 0.450. The molecule has 0 spiro atoms. The highest BCUT2D eigenvalue weighted by Crippen LogP contribution is 2.33. The van der Waals surface area contributed by atoms with Gasteiger partial charge in [-0.25, -0.2) is 22.2 Å². The molecule has 30 heavy (non-hydrogen) atoms. The van der Waals surface area contributed by atoms with E-state index in [9.17, 15) is 17.2 Å². The summed E-state index contributed by atoms with van der Waals surface area (Å²) in [6, 6.07) is 4.78. The quantitative estimate of drug-likeness (QED) is 0.665. The third-order valence-corrected chi connectivity index (χ3v) is 6.84. The number of sulfonamides is 1. The molecule has 0 unspecified atom stereocenters. The Morgan fingerprint density at radius 2 is 1.93 bits per heavy atom. The van der Waals surface area contributed by atoms with Gasteiger partial charge in [-0.1, -0.05) is 19.9 Å². The summed E-state index contributed by atoms with van der Waals surface area (Å²) in [4.78, 5) is 6.44. The van der Waals surface area contributed by atoms with E-state index in [4.69, 9.17) is 0 Å². The van der Waals surface area contributed by atoms with Crippen molar-refractivity contribution in [3.05, 3.63) is 47.4 Å². The van der Waals surface area contributed by atoms with Crippen LogP contribution in [0.15, 0.2) is 29.2 Å². The number of nitrogens with zero attached hydrogens (tertiary/aromatic N) is 3. The van der Waals surface area contributed by atoms with Crippen molar-refractivity contribution >= 4 is 21.5 Å². The Kier molecular flexibility index (Phi) is 6.56. The second kappa shape index (κ2) is 8.81. The molecule has 1 saturated heterocycles. The fourth-order valence-corrected chi connectivity index (χ4v) is 5.10. The van der Waals surface area contributed by atoms with Crippen molar-refractivity contribution in [3.8, 4) is 0 Å². The van der Waals surface area contributed by atoms with Crippen molar-refractivity contribution < 1.29 is 21.6 Å². The molecule has 0 aliphatic carbocycles. The van der Waals surface area contributed by atoms with Crippen LogP contribution in [-0.4, -0.2) is 50.5 Å². The molecule has 164 valence electrons. The number of hydrogen-bond donors (Lipinski definition) is 1. The summed E-state index contributed by atoms with van der Waals surface area (Å²) in [6.45, 7) is 8.56. The molecule has 10 heteroatoms. The van der Waals surface area contributed by atoms with Crippen molar-refractivity contribution in [2.75, 3.05) is 35.8 Å². The van der Waals surface area contributed by atoms with Crippen LogP contribution in [0.4, 0.5) is 24.7 Å². The molecule has 3 rings (SSSR count). The molecule has 1 N–H and O–H groups in total. The van der Waals surface area contributed by atoms with E-state index in [2.05, 4.69) is 23.7 Å². The van der Waals surface area contributed by atoms with E-state index in [0.717, 1.165) is 31.6 Å². The fourth-order valence-electron chi connectivity index (χ4n) is 3.91. The molecule has 0 amide bonds. The summed E-state index contributed by atoms with van der Waals surface area (Å²) in [6.07, 6.45) is 0.858. The zero-order valence-corrected chi connectivity index (χ0v) is 17.9. The topological polar surface area (TPSA) is 65.5 Å². The highest BCUT2D eigenvalue weighted by atomic mass is 32.2. The molecule has 1 aromatic heterocycles. The van der Waals surface area contributed by atoms with E-state index in [1.807, 2.05) is 9.62 Å². The maximum Gasteiger partial charge on any atom is 0.268 e. The van der Waals surface area contributed by atoms with Gasteiger partial charge >= 0.3 is 0 Å². The van der Waals surface area contributed by atoms with Crippen molar-refractivity contribution in [1.82, 2.24) is 9.88 Å². The van der Waals surface area contributed by atoms with E-state index in [-0.39, 0.29) is 17.4 Å². The summed E-state index contributed by atoms with van der Waals surface area (Å²) in [5.41, 5.74) is 0.381. The van der Waals surface area contributed by atoms with Gasteiger partial charge in [-0.3, -0.25) is 9.62 Å². The summed E-state index contributed by atoms with van der Waals surface area (Å²) in [5, 5.41) is 0. The van der Waals surface area contributed by atoms with Gasteiger partial charge in [-0.2, -0.15) is 4.39 Å². The van der Waals surface area contributed by atoms with E-state index < -0.39 is 32.5 Å². The van der Waals surface area contributed by atoms with E-state index in [1.165, 1.54) is 19.1 Å². The van der Waals surface area contributed by atoms with Gasteiger partial charge in [0.15, 0.2) is 10.7 Å². The minimum absolute atomic E-state index is 0.0455. The average molecular weight is 443 g/mol. The zero-order valence-electron chi connectivity index (χ0n) is 17.1. The van der Waals surface area contributed by atoms with Gasteiger partial charge < -0.3 is 4.90 Å². The third-order valence-electron chi connectivity index (χ3n) is 5.45. The van der Waals surface area contributed by atoms with Crippen LogP contribution >= 0.6 is 0 Å². The van der Waals surface area contributed by atoms with Crippen molar-refractivity contribution in [3.63, 3.8) is 0 Å². The molecule has 2 aromatic rings. The first-order chi connectivity index (χ1) is 14.2. The summed E-state index contributed by atoms with van der Waals surface area (Å²) in [5.74, 6) is -3.65. The number of anilines is 2. The first kappa shape index (κ1) is 22.4. The Bertz CT molecular complexity index is 1030. The Labute approximate surface area is 174 Å². The van der Waals surface area contributed by atoms with Gasteiger partial charge in [0.1, 0.15) is 11.6 Å². The van der Waals surface area contributed by atoms with Crippen molar-refractivity contribution in [2.24, 2.45) is 0 Å². The van der Waals surface area contributed by atoms with Crippen LogP contribution in [0.2, 0.25) is 0 Å². The molecule has 0 saturated carbocycles. The molecule has 1 atom stereocenters. The smallest absolute Gasteiger partial charge is 0.268 e. The lowest BCUT2D eigenvalue weighted by Gasteiger charge is -2.27. The molecular formula is C20H25F3N4O2S. The second-order valence-corrected chi connectivity index (χ2v) is 8.83. The Balaban J connectivity index is 1.92. The predicted molar refractivity (Wildman–Crippen MR) is 110 cm³/mol. The average Bonchev–Trinajstić information content (AvgIpc) is 3.15. The molecule has 2 heterocycles. The van der Waals surface area contributed by atoms with Crippen LogP contribution in [0.25, 0.3) is 0 Å². The van der Waals surface area contributed by atoms with E-state index >= 15 is 4.39 Å². The predicted octanol–water partition coefficient (Wildman–Crippen LogP) is 3.53. The van der Waals surface area contributed by atoms with Crippen LogP contribution < -0.4 is 9.62 Å². The number of rotatable bonds is 7. The van der Waals surface area contributed by atoms with Crippen LogP contribution in [0, 0.1) is 24.5 Å². The lowest BCUT2D eigenvalue weighted by atomic mass is 10.1. The third kappa shape index (κ3) is 4.39. The van der Waals surface area contributed by atoms with Gasteiger partial charge in [-0.05, 0) is 44.6 Å². The SMILES string of the molecule is CCN(CC)[C@@H]1CCN(c2cc(F)c(S(=O)(=O)Nc3cccc(F)n3)c(F)c2C)C1. The van der Waals surface area contributed by atoms with Gasteiger partial charge in [0.25, 0.3) is 10.0 Å². The normalized spacial score (nSPS) is 17.0. The largest absolute Gasteiger partial charge is 0.370 e. The summed E-state index contributed by atoms with van der Waals surface area (Å²) in [7, 11) is -4.64. The number of likely N-dealkylation sites (N-methyl/N-ethyl adjacent to an activating group) is 1. The Morgan fingerprint density at radius 3 is 2.57 bits per heavy atom. The Hall–Kier alpha value is -2.33. The minimum Gasteiger partial charge on any atom is -0.370 e. The highest BCUT2D eigenvalue weighted by molar-refractivity contribution is 7.92. The van der Waals surface area contributed by atoms with Crippen molar-refractivity contribution in [2.45, 2.75) is 38.1 Å². The van der Waals surface area contributed by atoms with Crippen LogP contribution in [-0.2, 0) is 10.0 Å². The maximum absolute atomic E-state index is 15.1. The molecule has 6 nitrogen and oxygen atoms in total. The lowest BCUT2D eigenvalue weighted by Crippen LogP contribution is -2.37. The molecule has 0 bridgehead atoms. The lowest BCUT2D eigenvalue weighted by molar-refractivity contribution is 0.232. The van der Waals surface area contributed by atoms with Gasteiger partial charge in [0, 0.05) is 30.4 Å². The standard InChI is InChI=1S/C20H25F3N4O2S/c1-4-26(5-2)14-9-10-27(12-14)16-11-15(21)20(19(23)13(16)3)30(28,29)25-18-8-6-7-17(22)24-18/h6-8,11,14H,4-5,9-10,12H2,1-3H3,(H,24,25)/t14-/m1/s1. The monoisotopic (exact) mass is 442 g/mol. The maximum atomic E-state index is 15.1. The summed E-state index contributed by atoms with van der Waals surface area (Å²) >= 11 is 0. The zero-order chi connectivity index (χ0) is 22.1. The first-order valence-corrected chi connectivity index (χ1v) is 11.3. The molecular weight excluding hydrogens is 417 g/mol. The molecule has 1 aromatic carbocycles. The summed E-state index contributed by atoms with van der Waals surface area (Å²) < 4.78 is 70.2. The number of aromatic nitrogens is 1. The van der Waals surface area contributed by atoms with E-state index in [1.54, 1.807) is 0 Å². The number of halogens is 3. The number of pyridine rings is 1. The first-order valence-electron chi connectivity index (χ1n) is 9.80. The molecule has 0 radical (unpaired) electrons. The molecule has 1 fully saturated rings. The van der Waals surface area contributed by atoms with Crippen LogP contribution in [0.1, 0.15) is 25.8 Å². The second-order valence-electron chi connectivity index (χ2n) is 7.21. The molecule has 1 aliphatic heterocycles. The van der Waals surface area contributed by atoms with Crippen molar-refractivity contribution in [1.29, 1.82) is 0 Å². The Morgan fingerprint density at radius 1 is 1.23 bits per heavy atom. The number of benzene rings is 1. The minimum atomic E-state index is -4.64. The number of hydrogen-bond acceptors (Lipinski definition) is 5. The van der Waals surface area contributed by atoms with Gasteiger partial charge in [-0.15, -0.1) is 0 Å².